The number of benzene rings is 2. The fourth-order valence-corrected chi connectivity index (χ4v) is 3.72. The van der Waals surface area contributed by atoms with E-state index < -0.39 is 0 Å². The molecule has 4 heteroatoms. The van der Waals surface area contributed by atoms with Crippen molar-refractivity contribution in [2.75, 3.05) is 18.0 Å². The van der Waals surface area contributed by atoms with Crippen LogP contribution in [0.4, 0.5) is 5.69 Å². The average molecular weight is 331 g/mol. The fraction of sp³-hybridized carbons (Fsp3) is 0.286. The lowest BCUT2D eigenvalue weighted by atomic mass is 9.83. The zero-order chi connectivity index (χ0) is 17.4. The minimum atomic E-state index is -0.179. The Morgan fingerprint density at radius 2 is 1.84 bits per heavy atom. The molecule has 0 radical (unpaired) electrons. The second-order valence-electron chi connectivity index (χ2n) is 6.75. The molecule has 2 N–H and O–H groups in total. The van der Waals surface area contributed by atoms with Crippen LogP contribution in [0.15, 0.2) is 53.9 Å². The molecular weight excluding hydrogens is 310 g/mol. The number of rotatable bonds is 2. The Bertz CT molecular complexity index is 871. The molecule has 0 aliphatic carbocycles. The molecule has 0 spiro atoms. The number of anilines is 1. The highest BCUT2D eigenvalue weighted by molar-refractivity contribution is 5.61. The molecule has 2 aromatic rings. The number of nitrogens with zero attached hydrogens (tertiary/aromatic N) is 2. The number of nitriles is 1. The van der Waals surface area contributed by atoms with Crippen LogP contribution < -0.4 is 15.4 Å². The second-order valence-corrected chi connectivity index (χ2v) is 6.75. The molecule has 2 aromatic carbocycles. The maximum absolute atomic E-state index is 9.62. The van der Waals surface area contributed by atoms with Gasteiger partial charge in [0.25, 0.3) is 0 Å². The summed E-state index contributed by atoms with van der Waals surface area (Å²) in [4.78, 5) is 2.37. The van der Waals surface area contributed by atoms with Gasteiger partial charge in [-0.3, -0.25) is 0 Å². The van der Waals surface area contributed by atoms with Crippen molar-refractivity contribution in [3.63, 3.8) is 0 Å². The van der Waals surface area contributed by atoms with E-state index in [1.165, 1.54) is 18.4 Å². The molecular formula is C21H21N3O. The van der Waals surface area contributed by atoms with Crippen LogP contribution in [0.25, 0.3) is 0 Å². The summed E-state index contributed by atoms with van der Waals surface area (Å²) in [6, 6.07) is 16.8. The largest absolute Gasteiger partial charge is 0.440 e. The van der Waals surface area contributed by atoms with Gasteiger partial charge >= 0.3 is 0 Å². The molecule has 4 nitrogen and oxygen atoms in total. The van der Waals surface area contributed by atoms with Crippen LogP contribution in [0, 0.1) is 18.3 Å². The molecule has 4 rings (SSSR count). The predicted molar refractivity (Wildman–Crippen MR) is 98.4 cm³/mol. The molecule has 0 aromatic heterocycles. The van der Waals surface area contributed by atoms with E-state index in [1.54, 1.807) is 0 Å². The third-order valence-electron chi connectivity index (χ3n) is 5.08. The number of ether oxygens (including phenoxy) is 1. The number of hydrogen-bond acceptors (Lipinski definition) is 4. The highest BCUT2D eigenvalue weighted by atomic mass is 16.5. The van der Waals surface area contributed by atoms with Gasteiger partial charge < -0.3 is 15.4 Å². The fourth-order valence-electron chi connectivity index (χ4n) is 3.72. The van der Waals surface area contributed by atoms with E-state index in [2.05, 4.69) is 60.4 Å². The number of allylic oxidation sites excluding steroid dienone is 1. The van der Waals surface area contributed by atoms with Crippen LogP contribution in [0.3, 0.4) is 0 Å². The third kappa shape index (κ3) is 2.72. The summed E-state index contributed by atoms with van der Waals surface area (Å²) in [5, 5.41) is 9.62. The summed E-state index contributed by atoms with van der Waals surface area (Å²) in [6.45, 7) is 4.21. The maximum atomic E-state index is 9.62. The van der Waals surface area contributed by atoms with E-state index in [1.807, 2.05) is 0 Å². The molecule has 1 atom stereocenters. The lowest BCUT2D eigenvalue weighted by Gasteiger charge is -2.28. The van der Waals surface area contributed by atoms with Crippen LogP contribution in [0.1, 0.15) is 35.4 Å². The lowest BCUT2D eigenvalue weighted by Crippen LogP contribution is -2.22. The summed E-state index contributed by atoms with van der Waals surface area (Å²) in [5.74, 6) is 0.785. The van der Waals surface area contributed by atoms with Crippen molar-refractivity contribution >= 4 is 5.69 Å². The molecule has 2 aliphatic heterocycles. The van der Waals surface area contributed by atoms with Crippen molar-refractivity contribution in [2.24, 2.45) is 5.73 Å². The van der Waals surface area contributed by atoms with E-state index in [9.17, 15) is 5.26 Å². The molecule has 1 unspecified atom stereocenters. The van der Waals surface area contributed by atoms with Gasteiger partial charge in [0.1, 0.15) is 17.4 Å². The Morgan fingerprint density at radius 3 is 2.52 bits per heavy atom. The van der Waals surface area contributed by atoms with Crippen molar-refractivity contribution in [2.45, 2.75) is 25.7 Å². The SMILES string of the molecule is Cc1ccc(C2C(C#N)=C(N)Oc3cc(N4CCCC4)ccc32)cc1. The summed E-state index contributed by atoms with van der Waals surface area (Å²) in [5.41, 5.74) is 11.0. The van der Waals surface area contributed by atoms with Crippen molar-refractivity contribution < 1.29 is 4.74 Å². The van der Waals surface area contributed by atoms with Crippen LogP contribution in [0.5, 0.6) is 5.75 Å². The first-order valence-electron chi connectivity index (χ1n) is 8.70. The van der Waals surface area contributed by atoms with Crippen molar-refractivity contribution in [3.05, 3.63) is 70.6 Å². The molecule has 2 heterocycles. The lowest BCUT2D eigenvalue weighted by molar-refractivity contribution is 0.394. The molecule has 0 bridgehead atoms. The van der Waals surface area contributed by atoms with Gasteiger partial charge in [0.05, 0.1) is 5.92 Å². The monoisotopic (exact) mass is 331 g/mol. The standard InChI is InChI=1S/C21H21N3O/c1-14-4-6-15(7-5-14)20-17-9-8-16(24-10-2-3-11-24)12-19(17)25-21(23)18(20)13-22/h4-9,12,20H,2-3,10-11,23H2,1H3. The Morgan fingerprint density at radius 1 is 1.12 bits per heavy atom. The van der Waals surface area contributed by atoms with Gasteiger partial charge in [0.2, 0.25) is 5.88 Å². The molecule has 0 amide bonds. The first-order valence-corrected chi connectivity index (χ1v) is 8.70. The van der Waals surface area contributed by atoms with Gasteiger partial charge in [-0.05, 0) is 31.4 Å². The summed E-state index contributed by atoms with van der Waals surface area (Å²) >= 11 is 0. The van der Waals surface area contributed by atoms with E-state index in [0.717, 1.165) is 35.7 Å². The highest BCUT2D eigenvalue weighted by Crippen LogP contribution is 2.43. The normalized spacial score (nSPS) is 19.4. The third-order valence-corrected chi connectivity index (χ3v) is 5.08. The number of aryl methyl sites for hydroxylation is 1. The minimum absolute atomic E-state index is 0.179. The quantitative estimate of drug-likeness (QED) is 0.909. The maximum Gasteiger partial charge on any atom is 0.205 e. The average Bonchev–Trinajstić information content (AvgIpc) is 3.15. The van der Waals surface area contributed by atoms with E-state index in [0.29, 0.717) is 5.57 Å². The van der Waals surface area contributed by atoms with Crippen LogP contribution in [-0.2, 0) is 0 Å². The Balaban J connectivity index is 1.80. The predicted octanol–water partition coefficient (Wildman–Crippen LogP) is 3.81. The van der Waals surface area contributed by atoms with Crippen molar-refractivity contribution in [3.8, 4) is 11.8 Å². The molecule has 25 heavy (non-hydrogen) atoms. The second kappa shape index (κ2) is 6.18. The van der Waals surface area contributed by atoms with Gasteiger partial charge in [0.15, 0.2) is 0 Å². The van der Waals surface area contributed by atoms with E-state index in [4.69, 9.17) is 10.5 Å². The number of hydrogen-bond donors (Lipinski definition) is 1. The van der Waals surface area contributed by atoms with Gasteiger partial charge in [-0.15, -0.1) is 0 Å². The zero-order valence-electron chi connectivity index (χ0n) is 14.3. The summed E-state index contributed by atoms with van der Waals surface area (Å²) in [7, 11) is 0. The molecule has 126 valence electrons. The van der Waals surface area contributed by atoms with Gasteiger partial charge in [-0.1, -0.05) is 35.9 Å². The van der Waals surface area contributed by atoms with Crippen LogP contribution in [-0.4, -0.2) is 13.1 Å². The molecule has 2 aliphatic rings. The van der Waals surface area contributed by atoms with Gasteiger partial charge in [-0.25, -0.2) is 0 Å². The summed E-state index contributed by atoms with van der Waals surface area (Å²) < 4.78 is 5.82. The highest BCUT2D eigenvalue weighted by Gasteiger charge is 2.31. The van der Waals surface area contributed by atoms with Crippen LogP contribution in [0.2, 0.25) is 0 Å². The number of fused-ring (bicyclic) bond motifs is 1. The molecule has 0 saturated carbocycles. The first kappa shape index (κ1) is 15.6. The Kier molecular flexibility index (Phi) is 3.85. The topological polar surface area (TPSA) is 62.3 Å². The van der Waals surface area contributed by atoms with E-state index in [-0.39, 0.29) is 11.8 Å². The summed E-state index contributed by atoms with van der Waals surface area (Å²) in [6.07, 6.45) is 2.45. The van der Waals surface area contributed by atoms with E-state index >= 15 is 0 Å². The smallest absolute Gasteiger partial charge is 0.205 e. The molecule has 1 fully saturated rings. The Labute approximate surface area is 148 Å². The molecule has 1 saturated heterocycles. The minimum Gasteiger partial charge on any atom is -0.440 e. The van der Waals surface area contributed by atoms with Crippen molar-refractivity contribution in [1.29, 1.82) is 5.26 Å². The van der Waals surface area contributed by atoms with Crippen LogP contribution >= 0.6 is 0 Å². The zero-order valence-corrected chi connectivity index (χ0v) is 14.3. The van der Waals surface area contributed by atoms with Gasteiger partial charge in [0, 0.05) is 30.4 Å². The first-order chi connectivity index (χ1) is 12.2. The van der Waals surface area contributed by atoms with Crippen molar-refractivity contribution in [1.82, 2.24) is 0 Å². The Hall–Kier alpha value is -2.93. The number of nitrogens with two attached hydrogens (primary N) is 1. The van der Waals surface area contributed by atoms with Gasteiger partial charge in [-0.2, -0.15) is 5.26 Å².